The van der Waals surface area contributed by atoms with Gasteiger partial charge in [0.1, 0.15) is 17.0 Å². The van der Waals surface area contributed by atoms with Gasteiger partial charge >= 0.3 is 0 Å². The summed E-state index contributed by atoms with van der Waals surface area (Å²) in [6, 6.07) is 6.98. The fourth-order valence-corrected chi connectivity index (χ4v) is 3.45. The molecule has 4 rings (SSSR count). The topological polar surface area (TPSA) is 103 Å². The zero-order valence-electron chi connectivity index (χ0n) is 15.3. The normalized spacial score (nSPS) is 15.0. The van der Waals surface area contributed by atoms with Crippen molar-refractivity contribution in [3.05, 3.63) is 45.8 Å². The number of nitrogens with one attached hydrogen (secondary N) is 2. The van der Waals surface area contributed by atoms with Crippen LogP contribution in [-0.4, -0.2) is 46.4 Å². The lowest BCUT2D eigenvalue weighted by molar-refractivity contribution is 0.145. The SMILES string of the molecule is COc1cc(Nc2nc(N3CCC(O)CC3)nc3cc[nH]c(=O)c23)ccc1Cl. The van der Waals surface area contributed by atoms with Gasteiger partial charge in [-0.1, -0.05) is 11.6 Å². The number of fused-ring (bicyclic) bond motifs is 1. The molecule has 3 N–H and O–H groups in total. The van der Waals surface area contributed by atoms with Crippen molar-refractivity contribution in [3.63, 3.8) is 0 Å². The fourth-order valence-electron chi connectivity index (χ4n) is 3.25. The number of aliphatic hydroxyl groups is 1. The number of pyridine rings is 1. The molecule has 2 aromatic heterocycles. The van der Waals surface area contributed by atoms with Crippen molar-refractivity contribution >= 4 is 40.0 Å². The van der Waals surface area contributed by atoms with Crippen LogP contribution in [-0.2, 0) is 0 Å². The zero-order valence-corrected chi connectivity index (χ0v) is 16.0. The number of H-pyrrole nitrogens is 1. The van der Waals surface area contributed by atoms with Crippen LogP contribution in [0.3, 0.4) is 0 Å². The van der Waals surface area contributed by atoms with Crippen molar-refractivity contribution in [3.8, 4) is 5.75 Å². The molecule has 1 aliphatic heterocycles. The maximum atomic E-state index is 12.4. The molecular weight excluding hydrogens is 382 g/mol. The van der Waals surface area contributed by atoms with Crippen LogP contribution in [0.25, 0.3) is 10.9 Å². The van der Waals surface area contributed by atoms with Gasteiger partial charge in [0.05, 0.1) is 23.8 Å². The maximum Gasteiger partial charge on any atom is 0.261 e. The highest BCUT2D eigenvalue weighted by atomic mass is 35.5. The van der Waals surface area contributed by atoms with E-state index in [1.54, 1.807) is 37.6 Å². The Bertz CT molecular complexity index is 1060. The molecule has 3 aromatic rings. The minimum atomic E-state index is -0.293. The largest absolute Gasteiger partial charge is 0.495 e. The molecule has 0 bridgehead atoms. The molecule has 8 nitrogen and oxygen atoms in total. The van der Waals surface area contributed by atoms with E-state index < -0.39 is 0 Å². The lowest BCUT2D eigenvalue weighted by Crippen LogP contribution is -2.37. The molecule has 0 amide bonds. The van der Waals surface area contributed by atoms with E-state index in [2.05, 4.69) is 20.3 Å². The van der Waals surface area contributed by atoms with Gasteiger partial charge < -0.3 is 25.0 Å². The Hall–Kier alpha value is -2.84. The Morgan fingerprint density at radius 3 is 2.82 bits per heavy atom. The molecule has 0 radical (unpaired) electrons. The molecule has 28 heavy (non-hydrogen) atoms. The predicted molar refractivity (Wildman–Crippen MR) is 109 cm³/mol. The Kier molecular flexibility index (Phi) is 5.06. The van der Waals surface area contributed by atoms with Crippen molar-refractivity contribution in [2.75, 3.05) is 30.4 Å². The number of benzene rings is 1. The summed E-state index contributed by atoms with van der Waals surface area (Å²) >= 11 is 6.10. The summed E-state index contributed by atoms with van der Waals surface area (Å²) in [6.45, 7) is 1.31. The van der Waals surface area contributed by atoms with Gasteiger partial charge in [-0.15, -0.1) is 0 Å². The average molecular weight is 402 g/mol. The molecule has 9 heteroatoms. The average Bonchev–Trinajstić information content (AvgIpc) is 2.70. The molecule has 0 spiro atoms. The molecule has 1 fully saturated rings. The van der Waals surface area contributed by atoms with Crippen LogP contribution in [0, 0.1) is 0 Å². The Morgan fingerprint density at radius 2 is 2.07 bits per heavy atom. The molecular formula is C19H20ClN5O3. The van der Waals surface area contributed by atoms with Gasteiger partial charge in [-0.2, -0.15) is 4.98 Å². The second-order valence-electron chi connectivity index (χ2n) is 6.63. The van der Waals surface area contributed by atoms with Crippen LogP contribution < -0.4 is 20.5 Å². The van der Waals surface area contributed by atoms with Crippen LogP contribution >= 0.6 is 11.6 Å². The number of hydrogen-bond donors (Lipinski definition) is 3. The van der Waals surface area contributed by atoms with E-state index >= 15 is 0 Å². The van der Waals surface area contributed by atoms with E-state index in [9.17, 15) is 9.90 Å². The summed E-state index contributed by atoms with van der Waals surface area (Å²) in [6.07, 6.45) is 2.59. The summed E-state index contributed by atoms with van der Waals surface area (Å²) in [5.74, 6) is 1.44. The summed E-state index contributed by atoms with van der Waals surface area (Å²) in [5, 5.41) is 13.8. The smallest absolute Gasteiger partial charge is 0.261 e. The second-order valence-corrected chi connectivity index (χ2v) is 7.04. The van der Waals surface area contributed by atoms with Gasteiger partial charge in [0, 0.05) is 31.0 Å². The van der Waals surface area contributed by atoms with E-state index in [1.165, 1.54) is 0 Å². The number of nitrogens with zero attached hydrogens (tertiary/aromatic N) is 3. The summed E-state index contributed by atoms with van der Waals surface area (Å²) in [5.41, 5.74) is 0.953. The molecule has 1 saturated heterocycles. The van der Waals surface area contributed by atoms with E-state index in [1.807, 2.05) is 4.90 Å². The molecule has 3 heterocycles. The third-order valence-electron chi connectivity index (χ3n) is 4.77. The predicted octanol–water partition coefficient (Wildman–Crippen LogP) is 2.68. The first-order chi connectivity index (χ1) is 13.5. The van der Waals surface area contributed by atoms with Gasteiger partial charge in [0.15, 0.2) is 0 Å². The van der Waals surface area contributed by atoms with Crippen LogP contribution in [0.5, 0.6) is 5.75 Å². The van der Waals surface area contributed by atoms with Crippen molar-refractivity contribution in [1.29, 1.82) is 0 Å². The summed E-state index contributed by atoms with van der Waals surface area (Å²) in [7, 11) is 1.54. The Morgan fingerprint density at radius 1 is 1.29 bits per heavy atom. The lowest BCUT2D eigenvalue weighted by atomic mass is 10.1. The van der Waals surface area contributed by atoms with Crippen molar-refractivity contribution in [2.24, 2.45) is 0 Å². The van der Waals surface area contributed by atoms with Crippen molar-refractivity contribution in [2.45, 2.75) is 18.9 Å². The number of rotatable bonds is 4. The third-order valence-corrected chi connectivity index (χ3v) is 5.08. The quantitative estimate of drug-likeness (QED) is 0.617. The molecule has 1 aromatic carbocycles. The summed E-state index contributed by atoms with van der Waals surface area (Å²) in [4.78, 5) is 26.3. The molecule has 0 unspecified atom stereocenters. The van der Waals surface area contributed by atoms with Gasteiger partial charge in [0.2, 0.25) is 5.95 Å². The van der Waals surface area contributed by atoms with E-state index in [0.717, 1.165) is 0 Å². The second kappa shape index (κ2) is 7.65. The highest BCUT2D eigenvalue weighted by molar-refractivity contribution is 6.32. The van der Waals surface area contributed by atoms with E-state index in [-0.39, 0.29) is 11.7 Å². The van der Waals surface area contributed by atoms with Gasteiger partial charge in [-0.25, -0.2) is 4.98 Å². The van der Waals surface area contributed by atoms with Gasteiger partial charge in [-0.05, 0) is 31.0 Å². The molecule has 1 aliphatic rings. The first-order valence-corrected chi connectivity index (χ1v) is 9.36. The van der Waals surface area contributed by atoms with Crippen LogP contribution in [0.4, 0.5) is 17.5 Å². The maximum absolute atomic E-state index is 12.4. The molecule has 0 saturated carbocycles. The number of anilines is 3. The highest BCUT2D eigenvalue weighted by Gasteiger charge is 2.21. The van der Waals surface area contributed by atoms with Crippen LogP contribution in [0.2, 0.25) is 5.02 Å². The number of ether oxygens (including phenoxy) is 1. The fraction of sp³-hybridized carbons (Fsp3) is 0.316. The van der Waals surface area contributed by atoms with Crippen molar-refractivity contribution < 1.29 is 9.84 Å². The number of piperidine rings is 1. The molecule has 0 aliphatic carbocycles. The number of aromatic amines is 1. The van der Waals surface area contributed by atoms with Crippen LogP contribution in [0.1, 0.15) is 12.8 Å². The monoisotopic (exact) mass is 401 g/mol. The van der Waals surface area contributed by atoms with E-state index in [4.69, 9.17) is 16.3 Å². The standard InChI is InChI=1S/C19H20ClN5O3/c1-28-15-10-11(2-3-13(15)20)22-17-16-14(4-7-21-18(16)27)23-19(24-17)25-8-5-12(26)6-9-25/h2-4,7,10,12,26H,5-6,8-9H2,1H3,(H,21,27)(H,22,23,24). The summed E-state index contributed by atoms with van der Waals surface area (Å²) < 4.78 is 5.26. The minimum Gasteiger partial charge on any atom is -0.495 e. The number of halogens is 1. The number of aromatic nitrogens is 3. The Balaban J connectivity index is 1.78. The third kappa shape index (κ3) is 3.61. The number of methoxy groups -OCH3 is 1. The minimum absolute atomic E-state index is 0.276. The molecule has 146 valence electrons. The zero-order chi connectivity index (χ0) is 19.7. The first kappa shape index (κ1) is 18.5. The number of aliphatic hydroxyl groups excluding tert-OH is 1. The van der Waals surface area contributed by atoms with Crippen molar-refractivity contribution in [1.82, 2.24) is 15.0 Å². The lowest BCUT2D eigenvalue weighted by Gasteiger charge is -2.30. The number of hydrogen-bond acceptors (Lipinski definition) is 7. The van der Waals surface area contributed by atoms with Crippen LogP contribution in [0.15, 0.2) is 35.3 Å². The molecule has 0 atom stereocenters. The highest BCUT2D eigenvalue weighted by Crippen LogP contribution is 2.30. The van der Waals surface area contributed by atoms with Gasteiger partial charge in [0.25, 0.3) is 5.56 Å². The van der Waals surface area contributed by atoms with E-state index in [0.29, 0.717) is 65.1 Å². The van der Waals surface area contributed by atoms with Gasteiger partial charge in [-0.3, -0.25) is 4.79 Å². The Labute approximate surface area is 166 Å². The first-order valence-electron chi connectivity index (χ1n) is 8.98.